The molecule has 2 aliphatic rings. The summed E-state index contributed by atoms with van der Waals surface area (Å²) in [5, 5.41) is 0.932. The Labute approximate surface area is 192 Å². The van der Waals surface area contributed by atoms with Crippen molar-refractivity contribution >= 4 is 60.2 Å². The van der Waals surface area contributed by atoms with Crippen molar-refractivity contribution in [1.82, 2.24) is 0 Å². The first-order valence-electron chi connectivity index (χ1n) is 8.68. The van der Waals surface area contributed by atoms with Crippen molar-refractivity contribution < 1.29 is 27.7 Å². The van der Waals surface area contributed by atoms with Crippen LogP contribution in [0.2, 0.25) is 20.1 Å². The molecule has 1 saturated heterocycles. The van der Waals surface area contributed by atoms with Crippen LogP contribution in [0.4, 0.5) is 0 Å². The van der Waals surface area contributed by atoms with Crippen LogP contribution in [-0.2, 0) is 18.6 Å². The van der Waals surface area contributed by atoms with E-state index in [1.54, 1.807) is 12.2 Å². The maximum atomic E-state index is 13.6. The van der Waals surface area contributed by atoms with E-state index in [9.17, 15) is 9.36 Å². The number of phosphoric ester groups is 1. The van der Waals surface area contributed by atoms with E-state index in [0.29, 0.717) is 10.0 Å². The summed E-state index contributed by atoms with van der Waals surface area (Å²) < 4.78 is 35.7. The van der Waals surface area contributed by atoms with E-state index >= 15 is 0 Å². The van der Waals surface area contributed by atoms with Crippen LogP contribution < -0.4 is 9.05 Å². The van der Waals surface area contributed by atoms with Crippen molar-refractivity contribution in [3.05, 3.63) is 68.6 Å². The molecule has 0 spiro atoms. The third-order valence-electron chi connectivity index (χ3n) is 4.42. The van der Waals surface area contributed by atoms with E-state index in [1.807, 2.05) is 0 Å². The molecule has 30 heavy (non-hydrogen) atoms. The van der Waals surface area contributed by atoms with Gasteiger partial charge in [0, 0.05) is 16.0 Å². The van der Waals surface area contributed by atoms with Crippen molar-refractivity contribution in [3.8, 4) is 11.5 Å². The number of phosphoric acid groups is 1. The van der Waals surface area contributed by atoms with Crippen molar-refractivity contribution in [2.45, 2.75) is 18.6 Å². The molecule has 1 aliphatic heterocycles. The highest BCUT2D eigenvalue weighted by Gasteiger charge is 2.47. The maximum Gasteiger partial charge on any atom is 0.588 e. The zero-order valence-electron chi connectivity index (χ0n) is 15.0. The van der Waals surface area contributed by atoms with E-state index in [0.717, 1.165) is 0 Å². The summed E-state index contributed by atoms with van der Waals surface area (Å²) in [6, 6.07) is 8.71. The molecular formula is C19H13Cl4O6P. The molecule has 0 bridgehead atoms. The fraction of sp³-hybridized carbons (Fsp3) is 0.211. The lowest BCUT2D eigenvalue weighted by Gasteiger charge is -2.25. The second-order valence-corrected chi connectivity index (χ2v) is 9.71. The number of hydrogen-bond acceptors (Lipinski definition) is 6. The molecule has 0 aromatic heterocycles. The molecule has 0 unspecified atom stereocenters. The second kappa shape index (κ2) is 8.62. The van der Waals surface area contributed by atoms with Crippen LogP contribution in [0.1, 0.15) is 6.42 Å². The molecular weight excluding hydrogens is 497 g/mol. The number of ether oxygens (including phenoxy) is 1. The van der Waals surface area contributed by atoms with E-state index in [4.69, 9.17) is 64.7 Å². The molecule has 11 heteroatoms. The highest BCUT2D eigenvalue weighted by atomic mass is 35.5. The van der Waals surface area contributed by atoms with Gasteiger partial charge in [-0.05, 0) is 36.4 Å². The Morgan fingerprint density at radius 1 is 0.900 bits per heavy atom. The summed E-state index contributed by atoms with van der Waals surface area (Å²) >= 11 is 24.1. The number of fused-ring (bicyclic) bond motifs is 1. The molecule has 0 amide bonds. The summed E-state index contributed by atoms with van der Waals surface area (Å²) in [7, 11) is -4.36. The van der Waals surface area contributed by atoms with Crippen LogP contribution in [0.15, 0.2) is 48.6 Å². The maximum absolute atomic E-state index is 13.6. The molecule has 1 heterocycles. The standard InChI is InChI=1S/C19H13Cl4O6P/c20-11-2-5-15(13(22)8-11)27-30(25,28-16-6-3-12(21)9-14(16)23)29-17-4-1-10-7-18(24)26-19(10)17/h1-6,8-10,17,19H,7H2/t10-,17+,19+/m0/s1. The zero-order valence-corrected chi connectivity index (χ0v) is 18.9. The number of rotatable bonds is 6. The Kier molecular flexibility index (Phi) is 6.27. The first-order valence-corrected chi connectivity index (χ1v) is 11.7. The molecule has 0 saturated carbocycles. The van der Waals surface area contributed by atoms with Gasteiger partial charge in [0.15, 0.2) is 11.5 Å². The summed E-state index contributed by atoms with van der Waals surface area (Å²) in [4.78, 5) is 11.6. The summed E-state index contributed by atoms with van der Waals surface area (Å²) in [5.74, 6) is -0.483. The van der Waals surface area contributed by atoms with Crippen LogP contribution >= 0.6 is 54.2 Å². The summed E-state index contributed by atoms with van der Waals surface area (Å²) in [6.07, 6.45) is 2.17. The fourth-order valence-electron chi connectivity index (χ4n) is 3.09. The van der Waals surface area contributed by atoms with Gasteiger partial charge in [0.1, 0.15) is 12.2 Å². The molecule has 3 atom stereocenters. The minimum absolute atomic E-state index is 0.0245. The van der Waals surface area contributed by atoms with Crippen LogP contribution in [-0.4, -0.2) is 18.2 Å². The highest BCUT2D eigenvalue weighted by Crippen LogP contribution is 2.55. The number of hydrogen-bond donors (Lipinski definition) is 0. The molecule has 2 aromatic carbocycles. The Morgan fingerprint density at radius 2 is 1.47 bits per heavy atom. The Balaban J connectivity index is 1.64. The minimum atomic E-state index is -4.36. The highest BCUT2D eigenvalue weighted by molar-refractivity contribution is 7.49. The van der Waals surface area contributed by atoms with Gasteiger partial charge in [-0.1, -0.05) is 58.6 Å². The monoisotopic (exact) mass is 508 g/mol. The Morgan fingerprint density at radius 3 is 2.00 bits per heavy atom. The Bertz CT molecular complexity index is 1020. The van der Waals surface area contributed by atoms with Gasteiger partial charge >= 0.3 is 13.8 Å². The minimum Gasteiger partial charge on any atom is -0.459 e. The lowest BCUT2D eigenvalue weighted by atomic mass is 10.1. The smallest absolute Gasteiger partial charge is 0.459 e. The Hall–Kier alpha value is -1.40. The molecule has 0 N–H and O–H groups in total. The molecule has 1 fully saturated rings. The van der Waals surface area contributed by atoms with Crippen molar-refractivity contribution in [3.63, 3.8) is 0 Å². The van der Waals surface area contributed by atoms with Gasteiger partial charge < -0.3 is 13.8 Å². The number of carbonyl (C=O) groups excluding carboxylic acids is 1. The average molecular weight is 510 g/mol. The van der Waals surface area contributed by atoms with Gasteiger partial charge in [-0.15, -0.1) is 0 Å². The second-order valence-electron chi connectivity index (χ2n) is 6.56. The van der Waals surface area contributed by atoms with Gasteiger partial charge in [-0.2, -0.15) is 0 Å². The molecule has 0 radical (unpaired) electrons. The molecule has 158 valence electrons. The SMILES string of the molecule is O=C1C[C@@H]2C=C[C@@H](OP(=O)(Oc3ccc(Cl)cc3Cl)Oc3ccc(Cl)cc3Cl)[C@@H]2O1. The predicted octanol–water partition coefficient (Wildman–Crippen LogP) is 6.75. The lowest BCUT2D eigenvalue weighted by molar-refractivity contribution is -0.143. The normalized spacial score (nSPS) is 22.7. The molecule has 6 nitrogen and oxygen atoms in total. The average Bonchev–Trinajstić information content (AvgIpc) is 3.20. The van der Waals surface area contributed by atoms with Crippen LogP contribution in [0.25, 0.3) is 0 Å². The van der Waals surface area contributed by atoms with Crippen molar-refractivity contribution in [2.24, 2.45) is 5.92 Å². The topological polar surface area (TPSA) is 71.1 Å². The van der Waals surface area contributed by atoms with Gasteiger partial charge in [0.25, 0.3) is 0 Å². The van der Waals surface area contributed by atoms with Gasteiger partial charge in [0.2, 0.25) is 0 Å². The summed E-state index contributed by atoms with van der Waals surface area (Å²) in [6.45, 7) is 0. The third kappa shape index (κ3) is 4.75. The third-order valence-corrected chi connectivity index (χ3v) is 6.83. The van der Waals surface area contributed by atoms with E-state index in [-0.39, 0.29) is 39.9 Å². The predicted molar refractivity (Wildman–Crippen MR) is 114 cm³/mol. The quantitative estimate of drug-likeness (QED) is 0.243. The fourth-order valence-corrected chi connectivity index (χ4v) is 5.50. The van der Waals surface area contributed by atoms with Crippen LogP contribution in [0.5, 0.6) is 11.5 Å². The van der Waals surface area contributed by atoms with Crippen molar-refractivity contribution in [1.29, 1.82) is 0 Å². The van der Waals surface area contributed by atoms with Crippen LogP contribution in [0, 0.1) is 5.92 Å². The van der Waals surface area contributed by atoms with Gasteiger partial charge in [-0.25, -0.2) is 4.57 Å². The zero-order chi connectivity index (χ0) is 21.5. The van der Waals surface area contributed by atoms with E-state index in [1.165, 1.54) is 36.4 Å². The van der Waals surface area contributed by atoms with Crippen LogP contribution in [0.3, 0.4) is 0 Å². The molecule has 1 aliphatic carbocycles. The van der Waals surface area contributed by atoms with Gasteiger partial charge in [0.05, 0.1) is 16.5 Å². The summed E-state index contributed by atoms with van der Waals surface area (Å²) in [5.41, 5.74) is 0. The van der Waals surface area contributed by atoms with Crippen molar-refractivity contribution in [2.75, 3.05) is 0 Å². The molecule has 2 aromatic rings. The van der Waals surface area contributed by atoms with E-state index < -0.39 is 20.0 Å². The largest absolute Gasteiger partial charge is 0.588 e. The molecule has 4 rings (SSSR count). The first-order chi connectivity index (χ1) is 14.2. The number of benzene rings is 2. The van der Waals surface area contributed by atoms with E-state index in [2.05, 4.69) is 0 Å². The van der Waals surface area contributed by atoms with Gasteiger partial charge in [-0.3, -0.25) is 9.32 Å². The lowest BCUT2D eigenvalue weighted by Crippen LogP contribution is -2.28. The first kappa shape index (κ1) is 21.8. The number of esters is 1. The number of carbonyl (C=O) groups is 1. The number of halogens is 4.